The molecule has 0 saturated carbocycles. The van der Waals surface area contributed by atoms with Crippen LogP contribution in [-0.4, -0.2) is 9.97 Å². The van der Waals surface area contributed by atoms with Gasteiger partial charge in [-0.2, -0.15) is 0 Å². The summed E-state index contributed by atoms with van der Waals surface area (Å²) in [5.74, 6) is -1.89. The highest BCUT2D eigenvalue weighted by Crippen LogP contribution is 2.33. The molecule has 0 aliphatic rings. The van der Waals surface area contributed by atoms with E-state index in [0.29, 0.717) is 16.8 Å². The molecule has 0 fully saturated rings. The number of halogens is 2. The van der Waals surface area contributed by atoms with Gasteiger partial charge in [0.05, 0.1) is 16.6 Å². The fourth-order valence-electron chi connectivity index (χ4n) is 2.20. The minimum Gasteiger partial charge on any atom is -0.398 e. The van der Waals surface area contributed by atoms with E-state index in [0.717, 1.165) is 11.6 Å². The summed E-state index contributed by atoms with van der Waals surface area (Å²) in [5, 5.41) is 0.0281. The molecule has 0 amide bonds. The Bertz CT molecular complexity index is 801. The first kappa shape index (κ1) is 12.5. The predicted octanol–water partition coefficient (Wildman–Crippen LogP) is 3.47. The molecule has 2 aromatic heterocycles. The molecule has 20 heavy (non-hydrogen) atoms. The van der Waals surface area contributed by atoms with E-state index >= 15 is 0 Å². The number of hydrogen-bond donors (Lipinski definition) is 1. The summed E-state index contributed by atoms with van der Waals surface area (Å²) in [7, 11) is 0. The van der Waals surface area contributed by atoms with Crippen LogP contribution in [0.3, 0.4) is 0 Å². The average Bonchev–Trinajstić information content (AvgIpc) is 2.47. The van der Waals surface area contributed by atoms with Gasteiger partial charge >= 0.3 is 0 Å². The highest BCUT2D eigenvalue weighted by atomic mass is 19.2. The Morgan fingerprint density at radius 3 is 2.45 bits per heavy atom. The van der Waals surface area contributed by atoms with Gasteiger partial charge in [-0.25, -0.2) is 13.8 Å². The van der Waals surface area contributed by atoms with Gasteiger partial charge in [-0.3, -0.25) is 4.98 Å². The molecule has 3 aromatic rings. The number of hydrogen-bond acceptors (Lipinski definition) is 3. The lowest BCUT2D eigenvalue weighted by atomic mass is 10.0. The molecule has 0 spiro atoms. The summed E-state index contributed by atoms with van der Waals surface area (Å²) in [5.41, 5.74) is 8.59. The second kappa shape index (κ2) is 4.52. The third-order valence-electron chi connectivity index (χ3n) is 3.29. The van der Waals surface area contributed by atoms with E-state index in [1.165, 1.54) is 6.07 Å². The zero-order valence-electron chi connectivity index (χ0n) is 10.7. The van der Waals surface area contributed by atoms with Crippen LogP contribution < -0.4 is 5.73 Å². The fraction of sp³-hybridized carbons (Fsp3) is 0.0667. The normalized spacial score (nSPS) is 10.9. The van der Waals surface area contributed by atoms with Crippen LogP contribution in [0.4, 0.5) is 14.5 Å². The molecule has 0 aliphatic carbocycles. The molecule has 0 bridgehead atoms. The van der Waals surface area contributed by atoms with E-state index in [1.54, 1.807) is 31.5 Å². The first-order valence-electron chi connectivity index (χ1n) is 6.03. The molecule has 0 atom stereocenters. The maximum atomic E-state index is 13.9. The van der Waals surface area contributed by atoms with Crippen LogP contribution in [0, 0.1) is 18.6 Å². The monoisotopic (exact) mass is 271 g/mol. The highest BCUT2D eigenvalue weighted by Gasteiger charge is 2.16. The molecule has 5 heteroatoms. The molecule has 0 saturated heterocycles. The minimum absolute atomic E-state index is 0.0281. The number of fused-ring (bicyclic) bond motifs is 1. The Hall–Kier alpha value is -2.56. The number of aromatic nitrogens is 2. The Kier molecular flexibility index (Phi) is 2.82. The summed E-state index contributed by atoms with van der Waals surface area (Å²) in [6.45, 7) is 1.74. The van der Waals surface area contributed by atoms with E-state index in [-0.39, 0.29) is 11.1 Å². The predicted molar refractivity (Wildman–Crippen MR) is 74.0 cm³/mol. The van der Waals surface area contributed by atoms with Gasteiger partial charge in [0.2, 0.25) is 0 Å². The zero-order valence-corrected chi connectivity index (χ0v) is 10.7. The highest BCUT2D eigenvalue weighted by molar-refractivity contribution is 5.95. The molecule has 2 heterocycles. The number of nitrogens with two attached hydrogens (primary N) is 1. The van der Waals surface area contributed by atoms with E-state index in [1.807, 2.05) is 0 Å². The summed E-state index contributed by atoms with van der Waals surface area (Å²) in [6, 6.07) is 6.06. The van der Waals surface area contributed by atoms with Crippen LogP contribution in [0.25, 0.3) is 22.2 Å². The molecule has 0 radical (unpaired) electrons. The first-order chi connectivity index (χ1) is 9.59. The lowest BCUT2D eigenvalue weighted by Crippen LogP contribution is -2.01. The Morgan fingerprint density at radius 2 is 1.75 bits per heavy atom. The lowest BCUT2D eigenvalue weighted by Gasteiger charge is -2.12. The molecule has 0 aliphatic heterocycles. The van der Waals surface area contributed by atoms with E-state index in [2.05, 4.69) is 9.97 Å². The molecule has 3 nitrogen and oxygen atoms in total. The fourth-order valence-corrected chi connectivity index (χ4v) is 2.20. The number of nitrogens with zero attached hydrogens (tertiary/aromatic N) is 2. The lowest BCUT2D eigenvalue weighted by molar-refractivity contribution is 0.517. The van der Waals surface area contributed by atoms with Gasteiger partial charge in [-0.1, -0.05) is 0 Å². The Morgan fingerprint density at radius 1 is 1.05 bits per heavy atom. The molecule has 100 valence electrons. The van der Waals surface area contributed by atoms with Crippen molar-refractivity contribution < 1.29 is 8.78 Å². The van der Waals surface area contributed by atoms with Crippen LogP contribution >= 0.6 is 0 Å². The van der Waals surface area contributed by atoms with Crippen molar-refractivity contribution >= 4 is 16.6 Å². The second-order valence-corrected chi connectivity index (χ2v) is 4.49. The van der Waals surface area contributed by atoms with Crippen molar-refractivity contribution in [1.29, 1.82) is 0 Å². The Balaban J connectivity index is 2.38. The van der Waals surface area contributed by atoms with Crippen molar-refractivity contribution in [3.8, 4) is 11.3 Å². The number of nitrogen functional groups attached to an aromatic ring is 1. The zero-order chi connectivity index (χ0) is 14.3. The quantitative estimate of drug-likeness (QED) is 0.737. The first-order valence-corrected chi connectivity index (χ1v) is 6.03. The van der Waals surface area contributed by atoms with Crippen molar-refractivity contribution in [2.75, 3.05) is 5.73 Å². The van der Waals surface area contributed by atoms with Gasteiger partial charge in [-0.05, 0) is 36.8 Å². The topological polar surface area (TPSA) is 51.8 Å². The molecular formula is C15H11F2N3. The SMILES string of the molecule is Cc1c(-c2ccncc2)nc2ccc(F)c(F)c2c1N. The number of rotatable bonds is 1. The van der Waals surface area contributed by atoms with Crippen LogP contribution in [0.2, 0.25) is 0 Å². The largest absolute Gasteiger partial charge is 0.398 e. The summed E-state index contributed by atoms with van der Waals surface area (Å²) in [6.07, 6.45) is 3.28. The van der Waals surface area contributed by atoms with E-state index in [9.17, 15) is 8.78 Å². The van der Waals surface area contributed by atoms with Gasteiger partial charge in [0.1, 0.15) is 0 Å². The van der Waals surface area contributed by atoms with Crippen LogP contribution in [0.5, 0.6) is 0 Å². The molecule has 3 rings (SSSR count). The summed E-state index contributed by atoms with van der Waals surface area (Å²) in [4.78, 5) is 8.34. The average molecular weight is 271 g/mol. The molecule has 2 N–H and O–H groups in total. The van der Waals surface area contributed by atoms with Crippen molar-refractivity contribution in [2.45, 2.75) is 6.92 Å². The maximum Gasteiger partial charge on any atom is 0.170 e. The molecule has 0 unspecified atom stereocenters. The van der Waals surface area contributed by atoms with Gasteiger partial charge in [0, 0.05) is 23.6 Å². The Labute approximate surface area is 114 Å². The number of benzene rings is 1. The maximum absolute atomic E-state index is 13.9. The summed E-state index contributed by atoms with van der Waals surface area (Å²) >= 11 is 0. The van der Waals surface area contributed by atoms with Crippen molar-refractivity contribution in [3.05, 3.63) is 53.9 Å². The van der Waals surface area contributed by atoms with Gasteiger partial charge in [0.25, 0.3) is 0 Å². The second-order valence-electron chi connectivity index (χ2n) is 4.49. The van der Waals surface area contributed by atoms with Crippen molar-refractivity contribution in [1.82, 2.24) is 9.97 Å². The summed E-state index contributed by atoms with van der Waals surface area (Å²) < 4.78 is 27.2. The van der Waals surface area contributed by atoms with Gasteiger partial charge < -0.3 is 5.73 Å². The van der Waals surface area contributed by atoms with Gasteiger partial charge in [-0.15, -0.1) is 0 Å². The third-order valence-corrected chi connectivity index (χ3v) is 3.29. The number of anilines is 1. The van der Waals surface area contributed by atoms with E-state index in [4.69, 9.17) is 5.73 Å². The van der Waals surface area contributed by atoms with Crippen LogP contribution in [0.1, 0.15) is 5.56 Å². The standard InChI is InChI=1S/C15H11F2N3/c1-8-14(18)12-11(3-2-10(16)13(12)17)20-15(8)9-4-6-19-7-5-9/h2-7H,1H3,(H2,18,20). The van der Waals surface area contributed by atoms with Gasteiger partial charge in [0.15, 0.2) is 11.6 Å². The smallest absolute Gasteiger partial charge is 0.170 e. The molecular weight excluding hydrogens is 260 g/mol. The van der Waals surface area contributed by atoms with Crippen LogP contribution in [-0.2, 0) is 0 Å². The minimum atomic E-state index is -0.961. The number of pyridine rings is 2. The van der Waals surface area contributed by atoms with Crippen molar-refractivity contribution in [3.63, 3.8) is 0 Å². The van der Waals surface area contributed by atoms with E-state index < -0.39 is 11.6 Å². The third kappa shape index (κ3) is 1.79. The molecule has 1 aromatic carbocycles. The van der Waals surface area contributed by atoms with Crippen molar-refractivity contribution in [2.24, 2.45) is 0 Å². The van der Waals surface area contributed by atoms with Crippen LogP contribution in [0.15, 0.2) is 36.7 Å².